The summed E-state index contributed by atoms with van der Waals surface area (Å²) in [5.74, 6) is -0.994. The quantitative estimate of drug-likeness (QED) is 0.395. The van der Waals surface area contributed by atoms with Crippen molar-refractivity contribution in [2.45, 2.75) is 41.0 Å². The van der Waals surface area contributed by atoms with Crippen molar-refractivity contribution in [3.8, 4) is 5.69 Å². The molecule has 8 heteroatoms. The molecule has 0 amide bonds. The van der Waals surface area contributed by atoms with Crippen LogP contribution in [-0.4, -0.2) is 29.2 Å². The van der Waals surface area contributed by atoms with Gasteiger partial charge in [0.15, 0.2) is 11.6 Å². The number of rotatable bonds is 5. The number of anilines is 1. The van der Waals surface area contributed by atoms with Crippen molar-refractivity contribution >= 4 is 26.7 Å². The average molecular weight is 471 g/mol. The average Bonchev–Trinajstić information content (AvgIpc) is 3.22. The van der Waals surface area contributed by atoms with Crippen LogP contribution in [0.25, 0.3) is 16.6 Å². The Morgan fingerprint density at radius 1 is 1.03 bits per heavy atom. The van der Waals surface area contributed by atoms with E-state index in [1.165, 1.54) is 17.8 Å². The Balaban J connectivity index is 0.000000914. The third kappa shape index (κ3) is 6.61. The van der Waals surface area contributed by atoms with Crippen molar-refractivity contribution in [1.29, 1.82) is 0 Å². The zero-order valence-corrected chi connectivity index (χ0v) is 20.7. The van der Waals surface area contributed by atoms with E-state index in [4.69, 9.17) is 0 Å². The SMILES string of the molecule is CC.CC.Cc1ccc2c(ccn2-c2cncc(Cc3ccnc(NS(C)(=O)=O)c3F)c2)c1. The number of pyridine rings is 2. The van der Waals surface area contributed by atoms with Gasteiger partial charge < -0.3 is 4.57 Å². The summed E-state index contributed by atoms with van der Waals surface area (Å²) in [5, 5.41) is 1.13. The van der Waals surface area contributed by atoms with Crippen LogP contribution in [0.5, 0.6) is 0 Å². The van der Waals surface area contributed by atoms with Gasteiger partial charge in [-0.05, 0) is 48.4 Å². The van der Waals surface area contributed by atoms with Crippen LogP contribution in [0.3, 0.4) is 0 Å². The van der Waals surface area contributed by atoms with Gasteiger partial charge in [-0.25, -0.2) is 17.8 Å². The van der Waals surface area contributed by atoms with Gasteiger partial charge in [0.2, 0.25) is 10.0 Å². The van der Waals surface area contributed by atoms with Gasteiger partial charge in [0, 0.05) is 30.4 Å². The van der Waals surface area contributed by atoms with E-state index in [-0.39, 0.29) is 12.2 Å². The Morgan fingerprint density at radius 2 is 1.76 bits per heavy atom. The topological polar surface area (TPSA) is 76.9 Å². The summed E-state index contributed by atoms with van der Waals surface area (Å²) in [6.45, 7) is 10.1. The van der Waals surface area contributed by atoms with Crippen molar-refractivity contribution in [3.63, 3.8) is 0 Å². The molecule has 0 unspecified atom stereocenters. The van der Waals surface area contributed by atoms with Gasteiger partial charge in [0.25, 0.3) is 0 Å². The summed E-state index contributed by atoms with van der Waals surface area (Å²) in [6.07, 6.45) is 7.99. The maximum Gasteiger partial charge on any atom is 0.231 e. The molecular formula is C25H31FN4O2S. The van der Waals surface area contributed by atoms with Crippen LogP contribution in [-0.2, 0) is 16.4 Å². The molecule has 0 saturated heterocycles. The summed E-state index contributed by atoms with van der Waals surface area (Å²) in [7, 11) is -3.62. The van der Waals surface area contributed by atoms with Crippen LogP contribution in [0, 0.1) is 12.7 Å². The molecule has 0 bridgehead atoms. The second kappa shape index (κ2) is 11.6. The largest absolute Gasteiger partial charge is 0.315 e. The van der Waals surface area contributed by atoms with Gasteiger partial charge in [0.1, 0.15) is 0 Å². The van der Waals surface area contributed by atoms with Gasteiger partial charge in [0.05, 0.1) is 23.7 Å². The number of hydrogen-bond acceptors (Lipinski definition) is 4. The Hall–Kier alpha value is -3.26. The lowest BCUT2D eigenvalue weighted by Crippen LogP contribution is -2.13. The molecule has 0 atom stereocenters. The minimum atomic E-state index is -3.62. The molecule has 3 aromatic heterocycles. The molecular weight excluding hydrogens is 439 g/mol. The molecule has 4 rings (SSSR count). The number of aryl methyl sites for hydroxylation is 1. The summed E-state index contributed by atoms with van der Waals surface area (Å²) >= 11 is 0. The molecule has 0 spiro atoms. The van der Waals surface area contributed by atoms with Crippen molar-refractivity contribution in [1.82, 2.24) is 14.5 Å². The molecule has 0 fully saturated rings. The second-order valence-electron chi connectivity index (χ2n) is 6.98. The summed E-state index contributed by atoms with van der Waals surface area (Å²) < 4.78 is 41.6. The molecule has 0 aliphatic heterocycles. The normalized spacial score (nSPS) is 10.6. The van der Waals surface area contributed by atoms with E-state index < -0.39 is 15.8 Å². The molecule has 0 saturated carbocycles. The number of hydrogen-bond donors (Lipinski definition) is 1. The Morgan fingerprint density at radius 3 is 2.45 bits per heavy atom. The van der Waals surface area contributed by atoms with Gasteiger partial charge >= 0.3 is 0 Å². The lowest BCUT2D eigenvalue weighted by atomic mass is 10.1. The smallest absolute Gasteiger partial charge is 0.231 e. The first-order valence-corrected chi connectivity index (χ1v) is 12.8. The lowest BCUT2D eigenvalue weighted by Gasteiger charge is -2.10. The molecule has 0 aliphatic carbocycles. The molecule has 0 radical (unpaired) electrons. The van der Waals surface area contributed by atoms with Crippen LogP contribution in [0.15, 0.2) is 61.2 Å². The molecule has 6 nitrogen and oxygen atoms in total. The fourth-order valence-electron chi connectivity index (χ4n) is 3.28. The van der Waals surface area contributed by atoms with Gasteiger partial charge in [-0.2, -0.15) is 0 Å². The zero-order chi connectivity index (χ0) is 24.6. The minimum absolute atomic E-state index is 0.256. The molecule has 4 aromatic rings. The van der Waals surface area contributed by atoms with Crippen molar-refractivity contribution < 1.29 is 12.8 Å². The second-order valence-corrected chi connectivity index (χ2v) is 8.73. The van der Waals surface area contributed by atoms with Crippen LogP contribution < -0.4 is 4.72 Å². The van der Waals surface area contributed by atoms with E-state index in [0.717, 1.165) is 28.4 Å². The molecule has 1 aromatic carbocycles. The molecule has 1 N–H and O–H groups in total. The van der Waals surface area contributed by atoms with Crippen LogP contribution in [0.1, 0.15) is 44.4 Å². The first-order valence-electron chi connectivity index (χ1n) is 10.9. The monoisotopic (exact) mass is 470 g/mol. The van der Waals surface area contributed by atoms with E-state index in [1.54, 1.807) is 12.4 Å². The maximum atomic E-state index is 14.7. The minimum Gasteiger partial charge on any atom is -0.315 e. The van der Waals surface area contributed by atoms with E-state index >= 15 is 0 Å². The number of nitrogens with zero attached hydrogens (tertiary/aromatic N) is 3. The number of nitrogens with one attached hydrogen (secondary N) is 1. The Kier molecular flexibility index (Phi) is 9.11. The molecule has 0 aliphatic rings. The summed E-state index contributed by atoms with van der Waals surface area (Å²) in [4.78, 5) is 8.08. The highest BCUT2D eigenvalue weighted by Gasteiger charge is 2.14. The molecule has 176 valence electrons. The van der Waals surface area contributed by atoms with E-state index in [1.807, 2.05) is 50.6 Å². The van der Waals surface area contributed by atoms with Crippen LogP contribution >= 0.6 is 0 Å². The maximum absolute atomic E-state index is 14.7. The highest BCUT2D eigenvalue weighted by molar-refractivity contribution is 7.92. The van der Waals surface area contributed by atoms with Gasteiger partial charge in [-0.1, -0.05) is 39.3 Å². The zero-order valence-electron chi connectivity index (χ0n) is 19.9. The third-order valence-corrected chi connectivity index (χ3v) is 5.11. The van der Waals surface area contributed by atoms with E-state index in [2.05, 4.69) is 39.8 Å². The fraction of sp³-hybridized carbons (Fsp3) is 0.280. The van der Waals surface area contributed by atoms with Gasteiger partial charge in [-0.15, -0.1) is 0 Å². The predicted molar refractivity (Wildman–Crippen MR) is 134 cm³/mol. The van der Waals surface area contributed by atoms with E-state index in [0.29, 0.717) is 5.56 Å². The van der Waals surface area contributed by atoms with Crippen molar-refractivity contribution in [3.05, 3.63) is 83.7 Å². The lowest BCUT2D eigenvalue weighted by molar-refractivity contribution is 0.599. The third-order valence-electron chi connectivity index (χ3n) is 4.55. The number of fused-ring (bicyclic) bond motifs is 1. The fourth-order valence-corrected chi connectivity index (χ4v) is 3.77. The van der Waals surface area contributed by atoms with Gasteiger partial charge in [-0.3, -0.25) is 9.71 Å². The molecule has 33 heavy (non-hydrogen) atoms. The summed E-state index contributed by atoms with van der Waals surface area (Å²) in [6, 6.07) is 11.7. The molecule has 3 heterocycles. The standard InChI is InChI=1S/C21H19FN4O2S.2C2H6/c1-14-3-4-19-16(9-14)6-8-26(19)18-11-15(12-23-13-18)10-17-5-7-24-21(20(17)22)25-29(2,27)28;2*1-2/h3-9,11-13H,10H2,1-2H3,(H,24,25);2*1-2H3. The van der Waals surface area contributed by atoms with Crippen LogP contribution in [0.4, 0.5) is 10.2 Å². The predicted octanol–water partition coefficient (Wildman–Crippen LogP) is 5.88. The first-order chi connectivity index (χ1) is 15.8. The highest BCUT2D eigenvalue weighted by atomic mass is 32.2. The number of aromatic nitrogens is 3. The highest BCUT2D eigenvalue weighted by Crippen LogP contribution is 2.23. The van der Waals surface area contributed by atoms with Crippen LogP contribution in [0.2, 0.25) is 0 Å². The summed E-state index contributed by atoms with van der Waals surface area (Å²) in [5.41, 5.74) is 4.24. The number of sulfonamides is 1. The van der Waals surface area contributed by atoms with E-state index in [9.17, 15) is 12.8 Å². The first kappa shape index (κ1) is 26.0. The van der Waals surface area contributed by atoms with Crippen molar-refractivity contribution in [2.75, 3.05) is 11.0 Å². The number of benzene rings is 1. The van der Waals surface area contributed by atoms with Crippen molar-refractivity contribution in [2.24, 2.45) is 0 Å². The number of halogens is 1. The Bertz CT molecular complexity index is 1320. The Labute approximate surface area is 195 Å².